The zero-order valence-corrected chi connectivity index (χ0v) is 54.9. The molecule has 0 radical (unpaired) electrons. The molecule has 3 aromatic rings. The molecule has 8 atom stereocenters. The fourth-order valence-electron chi connectivity index (χ4n) is 9.18. The zero-order valence-electron chi connectivity index (χ0n) is 54.0. The Balaban J connectivity index is 2.10. The van der Waals surface area contributed by atoms with E-state index in [1.165, 1.54) is 79.7 Å². The highest BCUT2D eigenvalue weighted by Gasteiger charge is 2.35. The van der Waals surface area contributed by atoms with Crippen LogP contribution >= 0.6 is 12.6 Å². The lowest BCUT2D eigenvalue weighted by Gasteiger charge is -2.28. The van der Waals surface area contributed by atoms with E-state index in [0.29, 0.717) is 16.7 Å². The van der Waals surface area contributed by atoms with Gasteiger partial charge in [-0.2, -0.15) is 12.6 Å². The first-order valence-corrected chi connectivity index (χ1v) is 31.4. The molecule has 0 aromatic heterocycles. The highest BCUT2D eigenvalue weighted by Crippen LogP contribution is 2.17. The van der Waals surface area contributed by atoms with Crippen LogP contribution in [0, 0.1) is 0 Å². The maximum atomic E-state index is 15.0. The summed E-state index contributed by atoms with van der Waals surface area (Å²) in [6, 6.07) is 5.01. The average Bonchev–Trinajstić information content (AvgIpc) is 0.856. The van der Waals surface area contributed by atoms with E-state index >= 15 is 4.79 Å². The fourth-order valence-corrected chi connectivity index (χ4v) is 9.46. The van der Waals surface area contributed by atoms with Gasteiger partial charge in [-0.05, 0) is 104 Å². The molecule has 0 heterocycles. The van der Waals surface area contributed by atoms with Crippen LogP contribution in [0.3, 0.4) is 0 Å². The molecule has 37 nitrogen and oxygen atoms in total. The van der Waals surface area contributed by atoms with Crippen LogP contribution < -0.4 is 105 Å². The van der Waals surface area contributed by atoms with Gasteiger partial charge in [0.1, 0.15) is 65.6 Å². The minimum absolute atomic E-state index is 0.00416. The molecular weight excluding hydrogens is 1300 g/mol. The average molecular weight is 1390 g/mol. The van der Waals surface area contributed by atoms with Crippen LogP contribution in [0.5, 0.6) is 17.2 Å². The van der Waals surface area contributed by atoms with Crippen LogP contribution in [0.4, 0.5) is 0 Å². The van der Waals surface area contributed by atoms with Crippen LogP contribution in [0.1, 0.15) is 75.0 Å². The number of nitrogens with one attached hydrogen (secondary N) is 10. The molecule has 0 unspecified atom stereocenters. The largest absolute Gasteiger partial charge is 0.508 e. The van der Waals surface area contributed by atoms with E-state index in [9.17, 15) is 63.3 Å². The number of rotatable bonds is 43. The number of hydrogen-bond donors (Lipinski definition) is 23. The van der Waals surface area contributed by atoms with Crippen molar-refractivity contribution in [2.75, 3.05) is 45.0 Å². The Morgan fingerprint density at radius 1 is 0.357 bits per heavy atom. The molecule has 0 aliphatic carbocycles. The van der Waals surface area contributed by atoms with Crippen LogP contribution in [0.15, 0.2) is 92.8 Å². The number of nitrogens with zero attached hydrogens (tertiary/aromatic N) is 4. The second-order valence-corrected chi connectivity index (χ2v) is 22.6. The molecule has 0 aliphatic heterocycles. The van der Waals surface area contributed by atoms with E-state index in [2.05, 4.69) is 85.8 Å². The predicted molar refractivity (Wildman–Crippen MR) is 365 cm³/mol. The first kappa shape index (κ1) is 80.9. The molecule has 0 bridgehead atoms. The van der Waals surface area contributed by atoms with Gasteiger partial charge in [0.2, 0.25) is 65.0 Å². The van der Waals surface area contributed by atoms with Gasteiger partial charge in [0, 0.05) is 58.1 Å². The lowest BCUT2D eigenvalue weighted by molar-refractivity contribution is -0.136. The van der Waals surface area contributed by atoms with Crippen molar-refractivity contribution in [1.29, 1.82) is 0 Å². The van der Waals surface area contributed by atoms with E-state index in [4.69, 9.17) is 51.6 Å². The standard InChI is InChI=1S/C60H91N23O14S/c1-32(84)76-39(6-2-22-70-57(62)63)51(92)78-40(7-3-23-71-58(64)65)52(93)79-41(8-4-24-72-59(66)67)53(94)80-42(9-5-25-73-60(68)69)54(95)82-44(27-34-12-18-37(86)19-13-34)56(97)83-45(28-35-14-20-38(87)21-15-35)55(96)81-43(26-33-10-16-36(85)17-11-33)50(91)75-29-47(88)74-30-48(89)77-46(31-98)49(61)90/h10-21,39-46,85-87,98H,2-9,22-31H2,1H3,(H2,61,90)(H,74,88)(H,75,91)(H,76,84)(H,77,89)(H,78,92)(H,79,93)(H,80,94)(H,81,96)(H,82,95)(H,83,97)(H4,62,63,70)(H4,64,65,71)(H4,66,67,72)(H4,68,69,73)/t39-,40-,41-,42-,43-,44-,45-,46-/m0/s1. The molecule has 0 saturated heterocycles. The molecule has 536 valence electrons. The third kappa shape index (κ3) is 32.7. The Morgan fingerprint density at radius 2 is 0.622 bits per heavy atom. The van der Waals surface area contributed by atoms with Crippen LogP contribution in [0.25, 0.3) is 0 Å². The van der Waals surface area contributed by atoms with Gasteiger partial charge < -0.3 is 120 Å². The molecule has 38 heteroatoms. The summed E-state index contributed by atoms with van der Waals surface area (Å²) in [5, 5.41) is 55.8. The van der Waals surface area contributed by atoms with Gasteiger partial charge in [0.05, 0.1) is 13.1 Å². The van der Waals surface area contributed by atoms with Crippen LogP contribution in [-0.4, -0.2) is 197 Å². The Labute approximate surface area is 569 Å². The van der Waals surface area contributed by atoms with Crippen molar-refractivity contribution >= 4 is 101 Å². The minimum Gasteiger partial charge on any atom is -0.508 e. The summed E-state index contributed by atoms with van der Waals surface area (Å²) >= 11 is 3.97. The number of primary amides is 1. The van der Waals surface area contributed by atoms with Gasteiger partial charge >= 0.3 is 0 Å². The summed E-state index contributed by atoms with van der Waals surface area (Å²) < 4.78 is 0. The third-order valence-corrected chi connectivity index (χ3v) is 14.5. The Bertz CT molecular complexity index is 3290. The zero-order chi connectivity index (χ0) is 72.9. The molecule has 11 amide bonds. The van der Waals surface area contributed by atoms with E-state index in [-0.39, 0.29) is 144 Å². The highest BCUT2D eigenvalue weighted by atomic mass is 32.1. The number of phenols is 3. The first-order chi connectivity index (χ1) is 46.4. The number of benzene rings is 3. The number of hydrogen-bond acceptors (Lipinski definition) is 19. The molecule has 3 aromatic carbocycles. The lowest BCUT2D eigenvalue weighted by atomic mass is 10.0. The van der Waals surface area contributed by atoms with E-state index < -0.39 is 126 Å². The quantitative estimate of drug-likeness (QED) is 0.0108. The first-order valence-electron chi connectivity index (χ1n) is 30.8. The molecular formula is C60H91N23O14S. The van der Waals surface area contributed by atoms with E-state index in [1.807, 2.05) is 0 Å². The molecule has 98 heavy (non-hydrogen) atoms. The minimum atomic E-state index is -1.64. The molecule has 0 aliphatic rings. The number of guanidine groups is 4. The van der Waals surface area contributed by atoms with E-state index in [0.717, 1.165) is 0 Å². The third-order valence-electron chi connectivity index (χ3n) is 14.1. The van der Waals surface area contributed by atoms with Crippen molar-refractivity contribution in [1.82, 2.24) is 53.2 Å². The summed E-state index contributed by atoms with van der Waals surface area (Å²) in [7, 11) is 0. The van der Waals surface area contributed by atoms with Crippen molar-refractivity contribution in [2.45, 2.75) is 126 Å². The van der Waals surface area contributed by atoms with Gasteiger partial charge in [-0.1, -0.05) is 36.4 Å². The van der Waals surface area contributed by atoms with Crippen molar-refractivity contribution < 1.29 is 68.1 Å². The maximum absolute atomic E-state index is 15.0. The Morgan fingerprint density at radius 3 is 0.898 bits per heavy atom. The summed E-state index contributed by atoms with van der Waals surface area (Å²) in [5.41, 5.74) is 50.7. The van der Waals surface area contributed by atoms with Gasteiger partial charge in [-0.15, -0.1) is 0 Å². The number of phenolic OH excluding ortho intramolecular Hbond substituents is 3. The molecule has 31 N–H and O–H groups in total. The molecule has 0 saturated carbocycles. The second kappa shape index (κ2) is 42.9. The SMILES string of the molecule is CC(=O)N[C@@H](CCCN=C(N)N)C(=O)N[C@@H](CCCN=C(N)N)C(=O)N[C@@H](CCCN=C(N)N)C(=O)N[C@@H](CCCN=C(N)N)C(=O)N[C@@H](Cc1ccc(O)cc1)C(=O)N[C@@H](Cc1ccc(O)cc1)C(=O)N[C@@H](Cc1ccc(O)cc1)C(=O)NCC(=O)NCC(=O)N[C@@H](CS)C(N)=O. The monoisotopic (exact) mass is 1390 g/mol. The van der Waals surface area contributed by atoms with Crippen molar-refractivity contribution in [3.05, 3.63) is 89.5 Å². The summed E-state index contributed by atoms with van der Waals surface area (Å²) in [6.45, 7) is -0.191. The van der Waals surface area contributed by atoms with Gasteiger partial charge in [-0.25, -0.2) is 0 Å². The van der Waals surface area contributed by atoms with Crippen LogP contribution in [0.2, 0.25) is 0 Å². The number of amides is 11. The molecule has 0 fully saturated rings. The van der Waals surface area contributed by atoms with E-state index in [1.54, 1.807) is 0 Å². The summed E-state index contributed by atoms with van der Waals surface area (Å²) in [6.07, 6.45) is -1.03. The van der Waals surface area contributed by atoms with Gasteiger partial charge in [0.25, 0.3) is 0 Å². The Kier molecular flexibility index (Phi) is 35.4. The normalized spacial score (nSPS) is 13.1. The fraction of sp³-hybridized carbons (Fsp3) is 0.450. The van der Waals surface area contributed by atoms with Crippen LogP contribution in [-0.2, 0) is 72.0 Å². The molecule has 3 rings (SSSR count). The number of aromatic hydroxyl groups is 3. The number of aliphatic imine (C=N–C) groups is 4. The Hall–Kier alpha value is -11.3. The smallest absolute Gasteiger partial charge is 0.243 e. The lowest BCUT2D eigenvalue weighted by Crippen LogP contribution is -2.60. The van der Waals surface area contributed by atoms with Crippen molar-refractivity contribution in [2.24, 2.45) is 71.6 Å². The number of carbonyl (C=O) groups excluding carboxylic acids is 11. The molecule has 0 spiro atoms. The predicted octanol–water partition coefficient (Wildman–Crippen LogP) is -7.41. The maximum Gasteiger partial charge on any atom is 0.243 e. The van der Waals surface area contributed by atoms with Gasteiger partial charge in [-0.3, -0.25) is 72.7 Å². The number of nitrogens with two attached hydrogens (primary N) is 9. The highest BCUT2D eigenvalue weighted by molar-refractivity contribution is 7.80. The number of thiol groups is 1. The van der Waals surface area contributed by atoms with Gasteiger partial charge in [0.15, 0.2) is 23.8 Å². The number of carbonyl (C=O) groups is 11. The topological polar surface area (TPSA) is 652 Å². The second-order valence-electron chi connectivity index (χ2n) is 22.2. The summed E-state index contributed by atoms with van der Waals surface area (Å²) in [5.74, 6) is -11.3. The van der Waals surface area contributed by atoms with Crippen molar-refractivity contribution in [3.63, 3.8) is 0 Å². The van der Waals surface area contributed by atoms with Crippen molar-refractivity contribution in [3.8, 4) is 17.2 Å². The summed E-state index contributed by atoms with van der Waals surface area (Å²) in [4.78, 5) is 167.